The van der Waals surface area contributed by atoms with Crippen molar-refractivity contribution in [3.63, 3.8) is 0 Å². The third-order valence-electron chi connectivity index (χ3n) is 6.18. The van der Waals surface area contributed by atoms with Gasteiger partial charge in [-0.2, -0.15) is 0 Å². The molecular formula is C19H27N5O3. The number of hydrogen-bond donors (Lipinski definition) is 3. The molecule has 0 saturated carbocycles. The van der Waals surface area contributed by atoms with Crippen molar-refractivity contribution < 1.29 is 9.59 Å². The SMILES string of the molecule is CC(C)(C)c1nc2c(c(=O)[nH]1)CCC21CCN(C(=O)C2CNC(=O)N2)CC1. The highest BCUT2D eigenvalue weighted by molar-refractivity contribution is 5.90. The predicted molar refractivity (Wildman–Crippen MR) is 99.7 cm³/mol. The molecule has 1 atom stereocenters. The molecule has 0 bridgehead atoms. The third kappa shape index (κ3) is 3.00. The topological polar surface area (TPSA) is 107 Å². The Balaban J connectivity index is 1.55. The first-order chi connectivity index (χ1) is 12.7. The second-order valence-corrected chi connectivity index (χ2v) is 9.00. The van der Waals surface area contributed by atoms with E-state index < -0.39 is 6.04 Å². The molecule has 1 spiro atoms. The Hall–Kier alpha value is -2.38. The van der Waals surface area contributed by atoms with E-state index in [1.54, 1.807) is 0 Å². The lowest BCUT2D eigenvalue weighted by Crippen LogP contribution is -2.51. The van der Waals surface area contributed by atoms with Crippen LogP contribution in [0.4, 0.5) is 4.79 Å². The summed E-state index contributed by atoms with van der Waals surface area (Å²) in [4.78, 5) is 46.2. The largest absolute Gasteiger partial charge is 0.341 e. The summed E-state index contributed by atoms with van der Waals surface area (Å²) in [5.41, 5.74) is 1.41. The number of aromatic amines is 1. The molecule has 3 aliphatic rings. The Morgan fingerprint density at radius 2 is 1.89 bits per heavy atom. The Kier molecular flexibility index (Phi) is 4.05. The second kappa shape index (κ2) is 6.07. The second-order valence-electron chi connectivity index (χ2n) is 9.00. The molecule has 1 aromatic rings. The average molecular weight is 373 g/mol. The van der Waals surface area contributed by atoms with Crippen LogP contribution >= 0.6 is 0 Å². The fraction of sp³-hybridized carbons (Fsp3) is 0.684. The summed E-state index contributed by atoms with van der Waals surface area (Å²) in [6, 6.07) is -0.763. The van der Waals surface area contributed by atoms with E-state index in [-0.39, 0.29) is 28.3 Å². The van der Waals surface area contributed by atoms with Crippen molar-refractivity contribution in [1.29, 1.82) is 0 Å². The fourth-order valence-electron chi connectivity index (χ4n) is 4.47. The van der Waals surface area contributed by atoms with E-state index in [2.05, 4.69) is 15.6 Å². The van der Waals surface area contributed by atoms with Gasteiger partial charge in [-0.3, -0.25) is 9.59 Å². The quantitative estimate of drug-likeness (QED) is 0.668. The number of rotatable bonds is 1. The maximum absolute atomic E-state index is 12.6. The van der Waals surface area contributed by atoms with Crippen molar-refractivity contribution in [2.24, 2.45) is 0 Å². The summed E-state index contributed by atoms with van der Waals surface area (Å²) in [5, 5.41) is 5.29. The van der Waals surface area contributed by atoms with Crippen molar-refractivity contribution in [3.8, 4) is 0 Å². The number of nitrogens with one attached hydrogen (secondary N) is 3. The Morgan fingerprint density at radius 1 is 1.19 bits per heavy atom. The van der Waals surface area contributed by atoms with Crippen LogP contribution in [-0.2, 0) is 22.0 Å². The minimum Gasteiger partial charge on any atom is -0.341 e. The molecule has 1 aromatic heterocycles. The minimum absolute atomic E-state index is 0.0138. The molecule has 2 aliphatic heterocycles. The molecule has 146 valence electrons. The first-order valence-corrected chi connectivity index (χ1v) is 9.67. The van der Waals surface area contributed by atoms with Crippen LogP contribution in [0.5, 0.6) is 0 Å². The van der Waals surface area contributed by atoms with E-state index >= 15 is 0 Å². The first-order valence-electron chi connectivity index (χ1n) is 9.67. The van der Waals surface area contributed by atoms with Crippen molar-refractivity contribution in [2.75, 3.05) is 19.6 Å². The van der Waals surface area contributed by atoms with Crippen LogP contribution in [0.15, 0.2) is 4.79 Å². The lowest BCUT2D eigenvalue weighted by atomic mass is 9.76. The maximum Gasteiger partial charge on any atom is 0.315 e. The summed E-state index contributed by atoms with van der Waals surface area (Å²) in [6.07, 6.45) is 3.27. The summed E-state index contributed by atoms with van der Waals surface area (Å²) >= 11 is 0. The van der Waals surface area contributed by atoms with Crippen LogP contribution in [-0.4, -0.2) is 52.5 Å². The summed E-state index contributed by atoms with van der Waals surface area (Å²) in [6.45, 7) is 7.74. The van der Waals surface area contributed by atoms with Crippen LogP contribution < -0.4 is 16.2 Å². The van der Waals surface area contributed by atoms with Gasteiger partial charge in [-0.15, -0.1) is 0 Å². The van der Waals surface area contributed by atoms with E-state index in [4.69, 9.17) is 4.98 Å². The van der Waals surface area contributed by atoms with Crippen molar-refractivity contribution in [3.05, 3.63) is 27.4 Å². The number of nitrogens with zero attached hydrogens (tertiary/aromatic N) is 2. The number of piperidine rings is 1. The van der Waals surface area contributed by atoms with Gasteiger partial charge in [0.15, 0.2) is 0 Å². The van der Waals surface area contributed by atoms with Crippen molar-refractivity contribution in [1.82, 2.24) is 25.5 Å². The number of amides is 3. The molecule has 8 nitrogen and oxygen atoms in total. The van der Waals surface area contributed by atoms with Gasteiger partial charge in [-0.1, -0.05) is 20.8 Å². The van der Waals surface area contributed by atoms with Crippen LogP contribution in [0, 0.1) is 0 Å². The molecular weight excluding hydrogens is 346 g/mol. The lowest BCUT2D eigenvalue weighted by Gasteiger charge is -2.40. The van der Waals surface area contributed by atoms with Gasteiger partial charge in [-0.05, 0) is 25.7 Å². The third-order valence-corrected chi connectivity index (χ3v) is 6.18. The van der Waals surface area contributed by atoms with Crippen LogP contribution in [0.2, 0.25) is 0 Å². The average Bonchev–Trinajstić information content (AvgIpc) is 3.19. The molecule has 4 rings (SSSR count). The first kappa shape index (κ1) is 18.0. The summed E-state index contributed by atoms with van der Waals surface area (Å²) in [5.74, 6) is 0.696. The van der Waals surface area contributed by atoms with Gasteiger partial charge >= 0.3 is 6.03 Å². The van der Waals surface area contributed by atoms with Crippen molar-refractivity contribution >= 4 is 11.9 Å². The van der Waals surface area contributed by atoms with E-state index in [1.807, 2.05) is 25.7 Å². The number of carbonyl (C=O) groups excluding carboxylic acids is 2. The number of aromatic nitrogens is 2. The van der Waals surface area contributed by atoms with Gasteiger partial charge in [0.25, 0.3) is 5.56 Å². The zero-order chi connectivity index (χ0) is 19.4. The highest BCUT2D eigenvalue weighted by atomic mass is 16.2. The predicted octanol–water partition coefficient (Wildman–Crippen LogP) is 0.555. The van der Waals surface area contributed by atoms with Gasteiger partial charge in [0.2, 0.25) is 5.91 Å². The Morgan fingerprint density at radius 3 is 2.48 bits per heavy atom. The molecule has 1 aliphatic carbocycles. The molecule has 3 amide bonds. The van der Waals surface area contributed by atoms with Crippen LogP contribution in [0.25, 0.3) is 0 Å². The molecule has 0 radical (unpaired) electrons. The number of likely N-dealkylation sites (tertiary alicyclic amines) is 1. The molecule has 2 saturated heterocycles. The summed E-state index contributed by atoms with van der Waals surface area (Å²) < 4.78 is 0. The number of urea groups is 1. The van der Waals surface area contributed by atoms with Crippen LogP contribution in [0.3, 0.4) is 0 Å². The Bertz CT molecular complexity index is 846. The number of H-pyrrole nitrogens is 1. The van der Waals surface area contributed by atoms with Gasteiger partial charge in [0.05, 0.1) is 5.69 Å². The molecule has 8 heteroatoms. The van der Waals surface area contributed by atoms with Gasteiger partial charge in [0.1, 0.15) is 11.9 Å². The van der Waals surface area contributed by atoms with Gasteiger partial charge in [0, 0.05) is 36.0 Å². The number of carbonyl (C=O) groups is 2. The monoisotopic (exact) mass is 373 g/mol. The molecule has 3 N–H and O–H groups in total. The zero-order valence-corrected chi connectivity index (χ0v) is 16.1. The lowest BCUT2D eigenvalue weighted by molar-refractivity contribution is -0.134. The standard InChI is InChI=1S/C19H27N5O3/c1-18(2,3)16-22-13-11(14(25)23-16)4-5-19(13)6-8-24(9-7-19)15(26)12-10-20-17(27)21-12/h12H,4-10H2,1-3H3,(H2,20,21,27)(H,22,23,25). The number of hydrogen-bond acceptors (Lipinski definition) is 4. The smallest absolute Gasteiger partial charge is 0.315 e. The number of fused-ring (bicyclic) bond motifs is 2. The molecule has 2 fully saturated rings. The zero-order valence-electron chi connectivity index (χ0n) is 16.1. The van der Waals surface area contributed by atoms with Crippen molar-refractivity contribution in [2.45, 2.75) is 63.3 Å². The van der Waals surface area contributed by atoms with Gasteiger partial charge in [-0.25, -0.2) is 9.78 Å². The summed E-state index contributed by atoms with van der Waals surface area (Å²) in [7, 11) is 0. The fourth-order valence-corrected chi connectivity index (χ4v) is 4.47. The highest BCUT2D eigenvalue weighted by Gasteiger charge is 2.45. The maximum atomic E-state index is 12.6. The highest BCUT2D eigenvalue weighted by Crippen LogP contribution is 2.44. The van der Waals surface area contributed by atoms with E-state index in [0.717, 1.165) is 42.8 Å². The van der Waals surface area contributed by atoms with E-state index in [0.29, 0.717) is 19.6 Å². The van der Waals surface area contributed by atoms with Crippen LogP contribution in [0.1, 0.15) is 57.1 Å². The Labute approximate surface area is 158 Å². The minimum atomic E-state index is -0.476. The van der Waals surface area contributed by atoms with Gasteiger partial charge < -0.3 is 20.5 Å². The van der Waals surface area contributed by atoms with E-state index in [1.165, 1.54) is 0 Å². The molecule has 1 unspecified atom stereocenters. The van der Waals surface area contributed by atoms with E-state index in [9.17, 15) is 14.4 Å². The normalized spacial score (nSPS) is 23.9. The molecule has 3 heterocycles. The molecule has 0 aromatic carbocycles. The molecule has 27 heavy (non-hydrogen) atoms.